The summed E-state index contributed by atoms with van der Waals surface area (Å²) in [4.78, 5) is 20.6. The number of pyridine rings is 1. The first-order chi connectivity index (χ1) is 12.1. The monoisotopic (exact) mass is 334 g/mol. The van der Waals surface area contributed by atoms with Crippen molar-refractivity contribution in [3.63, 3.8) is 0 Å². The van der Waals surface area contributed by atoms with Crippen molar-refractivity contribution >= 4 is 5.91 Å². The van der Waals surface area contributed by atoms with Gasteiger partial charge >= 0.3 is 0 Å². The predicted molar refractivity (Wildman–Crippen MR) is 97.4 cm³/mol. The highest BCUT2D eigenvalue weighted by molar-refractivity contribution is 5.76. The molecule has 1 amide bonds. The SMILES string of the molecule is Cc1nccn1-c1ccc([C@H](C)NC(=O)CCc2ccccn2)cc1. The summed E-state index contributed by atoms with van der Waals surface area (Å²) in [7, 11) is 0. The molecular weight excluding hydrogens is 312 g/mol. The molecule has 0 aliphatic heterocycles. The van der Waals surface area contributed by atoms with Gasteiger partial charge in [-0.15, -0.1) is 0 Å². The zero-order chi connectivity index (χ0) is 17.6. The first kappa shape index (κ1) is 16.9. The number of hydrogen-bond acceptors (Lipinski definition) is 3. The van der Waals surface area contributed by atoms with E-state index < -0.39 is 0 Å². The van der Waals surface area contributed by atoms with Gasteiger partial charge in [0, 0.05) is 36.4 Å². The van der Waals surface area contributed by atoms with E-state index in [0.717, 1.165) is 22.8 Å². The smallest absolute Gasteiger partial charge is 0.220 e. The molecule has 5 heteroatoms. The minimum absolute atomic E-state index is 0.0332. The lowest BCUT2D eigenvalue weighted by molar-refractivity contribution is -0.121. The number of carbonyl (C=O) groups excluding carboxylic acids is 1. The summed E-state index contributed by atoms with van der Waals surface area (Å²) in [5.41, 5.74) is 3.07. The molecule has 0 aliphatic carbocycles. The van der Waals surface area contributed by atoms with E-state index in [1.165, 1.54) is 0 Å². The molecule has 0 unspecified atom stereocenters. The van der Waals surface area contributed by atoms with Crippen LogP contribution < -0.4 is 5.32 Å². The van der Waals surface area contributed by atoms with Gasteiger partial charge in [0.25, 0.3) is 0 Å². The average molecular weight is 334 g/mol. The maximum atomic E-state index is 12.1. The Labute approximate surface area is 147 Å². The van der Waals surface area contributed by atoms with E-state index in [1.807, 2.05) is 67.1 Å². The lowest BCUT2D eigenvalue weighted by atomic mass is 10.1. The average Bonchev–Trinajstić information content (AvgIpc) is 3.07. The number of nitrogens with zero attached hydrogens (tertiary/aromatic N) is 3. The van der Waals surface area contributed by atoms with Crippen molar-refractivity contribution in [2.75, 3.05) is 0 Å². The van der Waals surface area contributed by atoms with Crippen LogP contribution in [0, 0.1) is 6.92 Å². The third-order valence-corrected chi connectivity index (χ3v) is 4.21. The van der Waals surface area contributed by atoms with Crippen molar-refractivity contribution < 1.29 is 4.79 Å². The van der Waals surface area contributed by atoms with Crippen LogP contribution in [0.3, 0.4) is 0 Å². The summed E-state index contributed by atoms with van der Waals surface area (Å²) in [6, 6.07) is 13.9. The Morgan fingerprint density at radius 3 is 2.56 bits per heavy atom. The number of amides is 1. The molecule has 0 radical (unpaired) electrons. The van der Waals surface area contributed by atoms with E-state index in [1.54, 1.807) is 12.4 Å². The fourth-order valence-electron chi connectivity index (χ4n) is 2.76. The van der Waals surface area contributed by atoms with Crippen LogP contribution in [0.4, 0.5) is 0 Å². The van der Waals surface area contributed by atoms with Crippen molar-refractivity contribution in [3.8, 4) is 5.69 Å². The van der Waals surface area contributed by atoms with Gasteiger partial charge in [-0.3, -0.25) is 9.78 Å². The van der Waals surface area contributed by atoms with Crippen LogP contribution in [0.15, 0.2) is 61.1 Å². The zero-order valence-electron chi connectivity index (χ0n) is 14.5. The minimum Gasteiger partial charge on any atom is -0.350 e. The van der Waals surface area contributed by atoms with E-state index in [9.17, 15) is 4.79 Å². The molecule has 1 N–H and O–H groups in total. The lowest BCUT2D eigenvalue weighted by Gasteiger charge is -2.15. The third kappa shape index (κ3) is 4.32. The van der Waals surface area contributed by atoms with Crippen LogP contribution in [0.25, 0.3) is 5.69 Å². The fraction of sp³-hybridized carbons (Fsp3) is 0.250. The molecule has 0 aliphatic rings. The number of nitrogens with one attached hydrogen (secondary N) is 1. The Hall–Kier alpha value is -2.95. The van der Waals surface area contributed by atoms with Crippen LogP contribution >= 0.6 is 0 Å². The van der Waals surface area contributed by atoms with E-state index in [0.29, 0.717) is 12.8 Å². The van der Waals surface area contributed by atoms with E-state index in [-0.39, 0.29) is 11.9 Å². The van der Waals surface area contributed by atoms with Crippen molar-refractivity contribution in [2.45, 2.75) is 32.7 Å². The van der Waals surface area contributed by atoms with Gasteiger partial charge in [0.05, 0.1) is 6.04 Å². The number of carbonyl (C=O) groups is 1. The number of imidazole rings is 1. The van der Waals surface area contributed by atoms with Gasteiger partial charge in [0.1, 0.15) is 5.82 Å². The molecular formula is C20H22N4O. The maximum Gasteiger partial charge on any atom is 0.220 e. The van der Waals surface area contributed by atoms with Crippen molar-refractivity contribution in [1.29, 1.82) is 0 Å². The molecule has 1 aromatic carbocycles. The second-order valence-corrected chi connectivity index (χ2v) is 6.05. The molecule has 25 heavy (non-hydrogen) atoms. The van der Waals surface area contributed by atoms with E-state index in [2.05, 4.69) is 15.3 Å². The summed E-state index contributed by atoms with van der Waals surface area (Å²) >= 11 is 0. The molecule has 3 aromatic rings. The molecule has 0 spiro atoms. The summed E-state index contributed by atoms with van der Waals surface area (Å²) in [5.74, 6) is 0.983. The topological polar surface area (TPSA) is 59.8 Å². The number of hydrogen-bond donors (Lipinski definition) is 1. The van der Waals surface area contributed by atoms with Gasteiger partial charge in [-0.1, -0.05) is 18.2 Å². The van der Waals surface area contributed by atoms with Gasteiger partial charge in [-0.2, -0.15) is 0 Å². The van der Waals surface area contributed by atoms with Crippen LogP contribution in [-0.4, -0.2) is 20.4 Å². The predicted octanol–water partition coefficient (Wildman–Crippen LogP) is 3.39. The molecule has 2 aromatic heterocycles. The minimum atomic E-state index is -0.0332. The van der Waals surface area contributed by atoms with Crippen molar-refractivity contribution in [2.24, 2.45) is 0 Å². The van der Waals surface area contributed by atoms with Crippen LogP contribution in [0.1, 0.15) is 36.5 Å². The number of aromatic nitrogens is 3. The van der Waals surface area contributed by atoms with Crippen molar-refractivity contribution in [1.82, 2.24) is 19.9 Å². The quantitative estimate of drug-likeness (QED) is 0.752. The maximum absolute atomic E-state index is 12.1. The second-order valence-electron chi connectivity index (χ2n) is 6.05. The van der Waals surface area contributed by atoms with Gasteiger partial charge in [0.15, 0.2) is 0 Å². The van der Waals surface area contributed by atoms with Gasteiger partial charge in [0.2, 0.25) is 5.91 Å². The Morgan fingerprint density at radius 1 is 1.12 bits per heavy atom. The fourth-order valence-corrected chi connectivity index (χ4v) is 2.76. The molecule has 0 fully saturated rings. The van der Waals surface area contributed by atoms with Crippen molar-refractivity contribution in [3.05, 3.63) is 78.1 Å². The number of aryl methyl sites for hydroxylation is 2. The zero-order valence-corrected chi connectivity index (χ0v) is 14.5. The number of rotatable bonds is 6. The molecule has 0 saturated heterocycles. The first-order valence-electron chi connectivity index (χ1n) is 8.43. The highest BCUT2D eigenvalue weighted by Gasteiger charge is 2.10. The Kier molecular flexibility index (Phi) is 5.23. The highest BCUT2D eigenvalue weighted by Crippen LogP contribution is 2.17. The largest absolute Gasteiger partial charge is 0.350 e. The first-order valence-corrected chi connectivity index (χ1v) is 8.43. The number of benzene rings is 1. The van der Waals surface area contributed by atoms with E-state index in [4.69, 9.17) is 0 Å². The lowest BCUT2D eigenvalue weighted by Crippen LogP contribution is -2.26. The van der Waals surface area contributed by atoms with E-state index >= 15 is 0 Å². The van der Waals surface area contributed by atoms with Crippen LogP contribution in [0.2, 0.25) is 0 Å². The Morgan fingerprint density at radius 2 is 1.92 bits per heavy atom. The summed E-state index contributed by atoms with van der Waals surface area (Å²) in [6.45, 7) is 3.97. The van der Waals surface area contributed by atoms with Crippen LogP contribution in [0.5, 0.6) is 0 Å². The molecule has 0 bridgehead atoms. The summed E-state index contributed by atoms with van der Waals surface area (Å²) < 4.78 is 2.03. The standard InChI is InChI=1S/C20H22N4O/c1-15(23-20(25)11-8-18-5-3-4-12-22-18)17-6-9-19(10-7-17)24-14-13-21-16(24)2/h3-7,9-10,12-15H,8,11H2,1-2H3,(H,23,25)/t15-/m0/s1. The highest BCUT2D eigenvalue weighted by atomic mass is 16.1. The Bertz CT molecular complexity index is 824. The molecule has 3 rings (SSSR count). The van der Waals surface area contributed by atoms with Gasteiger partial charge in [-0.25, -0.2) is 4.98 Å². The second kappa shape index (κ2) is 7.75. The third-order valence-electron chi connectivity index (χ3n) is 4.21. The normalized spacial score (nSPS) is 11.9. The molecule has 2 heterocycles. The Balaban J connectivity index is 1.56. The summed E-state index contributed by atoms with van der Waals surface area (Å²) in [6.07, 6.45) is 6.56. The molecule has 1 atom stereocenters. The van der Waals surface area contributed by atoms with Gasteiger partial charge < -0.3 is 9.88 Å². The molecule has 5 nitrogen and oxygen atoms in total. The molecule has 0 saturated carbocycles. The van der Waals surface area contributed by atoms with Crippen LogP contribution in [-0.2, 0) is 11.2 Å². The summed E-state index contributed by atoms with van der Waals surface area (Å²) in [5, 5.41) is 3.05. The van der Waals surface area contributed by atoms with Gasteiger partial charge in [-0.05, 0) is 50.1 Å². The molecule has 128 valence electrons.